The van der Waals surface area contributed by atoms with E-state index in [4.69, 9.17) is 4.42 Å². The van der Waals surface area contributed by atoms with Crippen molar-refractivity contribution >= 4 is 71.3 Å². The van der Waals surface area contributed by atoms with Crippen LogP contribution in [0.15, 0.2) is 241 Å². The summed E-state index contributed by atoms with van der Waals surface area (Å²) in [5.41, 5.74) is 14.4. The van der Waals surface area contributed by atoms with Crippen LogP contribution in [0.5, 0.6) is 0 Å². The van der Waals surface area contributed by atoms with E-state index < -0.39 is 0 Å². The van der Waals surface area contributed by atoms with E-state index in [9.17, 15) is 0 Å². The highest BCUT2D eigenvalue weighted by Crippen LogP contribution is 2.44. The average molecular weight is 790 g/mol. The van der Waals surface area contributed by atoms with Crippen LogP contribution in [0.2, 0.25) is 0 Å². The van der Waals surface area contributed by atoms with Crippen molar-refractivity contribution in [2.24, 2.45) is 0 Å². The lowest BCUT2D eigenvalue weighted by Gasteiger charge is -2.28. The Morgan fingerprint density at radius 1 is 0.274 bits per heavy atom. The predicted molar refractivity (Wildman–Crippen MR) is 263 cm³/mol. The normalized spacial score (nSPS) is 11.5. The van der Waals surface area contributed by atoms with Crippen molar-refractivity contribution in [1.29, 1.82) is 0 Å². The molecule has 12 rings (SSSR count). The zero-order chi connectivity index (χ0) is 41.0. The molecule has 62 heavy (non-hydrogen) atoms. The van der Waals surface area contributed by atoms with E-state index in [0.29, 0.717) is 0 Å². The SMILES string of the molecule is c1cc(-c2ccc3ccc4ccccc4c3c2)cc(N(c2ccc(-c3cccc4oc5ccccc5c34)cc2)c2ccccc2-c2ccc(-c3cccc4ccccc34)cc2)c1. The van der Waals surface area contributed by atoms with Gasteiger partial charge < -0.3 is 9.32 Å². The molecule has 0 radical (unpaired) electrons. The van der Waals surface area contributed by atoms with Crippen LogP contribution in [0.25, 0.3) is 98.8 Å². The van der Waals surface area contributed by atoms with Crippen molar-refractivity contribution in [3.8, 4) is 44.5 Å². The Hall–Kier alpha value is -8.20. The van der Waals surface area contributed by atoms with Crippen molar-refractivity contribution in [3.63, 3.8) is 0 Å². The van der Waals surface area contributed by atoms with E-state index in [1.807, 2.05) is 12.1 Å². The molecule has 0 saturated carbocycles. The summed E-state index contributed by atoms with van der Waals surface area (Å²) in [5.74, 6) is 0. The molecule has 0 unspecified atom stereocenters. The maximum Gasteiger partial charge on any atom is 0.136 e. The van der Waals surface area contributed by atoms with Gasteiger partial charge in [-0.05, 0) is 120 Å². The molecule has 0 N–H and O–H groups in total. The van der Waals surface area contributed by atoms with E-state index in [-0.39, 0.29) is 0 Å². The van der Waals surface area contributed by atoms with Crippen molar-refractivity contribution in [3.05, 3.63) is 237 Å². The molecule has 0 amide bonds. The molecule has 2 heteroatoms. The summed E-state index contributed by atoms with van der Waals surface area (Å²) in [5, 5.41) is 9.79. The second-order valence-corrected chi connectivity index (χ2v) is 16.1. The van der Waals surface area contributed by atoms with Crippen LogP contribution in [0.1, 0.15) is 0 Å². The summed E-state index contributed by atoms with van der Waals surface area (Å²) < 4.78 is 6.28. The molecule has 12 aromatic rings. The number of rotatable bonds is 7. The molecule has 0 aliphatic carbocycles. The van der Waals surface area contributed by atoms with Gasteiger partial charge in [-0.2, -0.15) is 0 Å². The van der Waals surface area contributed by atoms with Gasteiger partial charge in [0.15, 0.2) is 0 Å². The quantitative estimate of drug-likeness (QED) is 0.150. The fraction of sp³-hybridized carbons (Fsp3) is 0. The highest BCUT2D eigenvalue weighted by atomic mass is 16.3. The van der Waals surface area contributed by atoms with Crippen LogP contribution < -0.4 is 4.90 Å². The molecular weight excluding hydrogens is 751 g/mol. The first-order chi connectivity index (χ1) is 30.7. The number of hydrogen-bond donors (Lipinski definition) is 0. The largest absolute Gasteiger partial charge is 0.456 e. The number of hydrogen-bond acceptors (Lipinski definition) is 2. The van der Waals surface area contributed by atoms with Crippen LogP contribution in [-0.2, 0) is 0 Å². The van der Waals surface area contributed by atoms with Gasteiger partial charge >= 0.3 is 0 Å². The van der Waals surface area contributed by atoms with Gasteiger partial charge in [0.05, 0.1) is 5.69 Å². The number of fused-ring (bicyclic) bond motifs is 7. The van der Waals surface area contributed by atoms with Crippen molar-refractivity contribution in [1.82, 2.24) is 0 Å². The Bertz CT molecular complexity index is 3630. The third kappa shape index (κ3) is 6.12. The van der Waals surface area contributed by atoms with Crippen molar-refractivity contribution in [2.75, 3.05) is 4.90 Å². The smallest absolute Gasteiger partial charge is 0.136 e. The zero-order valence-electron chi connectivity index (χ0n) is 33.9. The van der Waals surface area contributed by atoms with Crippen LogP contribution in [0, 0.1) is 0 Å². The summed E-state index contributed by atoms with van der Waals surface area (Å²) in [6, 6.07) is 85.6. The fourth-order valence-electron chi connectivity index (χ4n) is 9.46. The second-order valence-electron chi connectivity index (χ2n) is 16.1. The van der Waals surface area contributed by atoms with Gasteiger partial charge in [0.1, 0.15) is 11.2 Å². The van der Waals surface area contributed by atoms with Gasteiger partial charge in [0.25, 0.3) is 0 Å². The molecule has 0 bridgehead atoms. The summed E-state index contributed by atoms with van der Waals surface area (Å²) in [7, 11) is 0. The molecule has 0 spiro atoms. The summed E-state index contributed by atoms with van der Waals surface area (Å²) in [4.78, 5) is 2.41. The van der Waals surface area contributed by atoms with Crippen molar-refractivity contribution in [2.45, 2.75) is 0 Å². The zero-order valence-corrected chi connectivity index (χ0v) is 33.9. The molecule has 0 atom stereocenters. The summed E-state index contributed by atoms with van der Waals surface area (Å²) in [6.45, 7) is 0. The number of furan rings is 1. The first-order valence-electron chi connectivity index (χ1n) is 21.2. The molecule has 11 aromatic carbocycles. The number of benzene rings is 11. The van der Waals surface area contributed by atoms with E-state index in [1.165, 1.54) is 49.0 Å². The molecule has 0 aliphatic heterocycles. The minimum atomic E-state index is 0.897. The number of nitrogens with zero attached hydrogens (tertiary/aromatic N) is 1. The molecule has 0 aliphatic rings. The fourth-order valence-corrected chi connectivity index (χ4v) is 9.46. The first-order valence-corrected chi connectivity index (χ1v) is 21.2. The van der Waals surface area contributed by atoms with Gasteiger partial charge in [0, 0.05) is 27.7 Å². The highest BCUT2D eigenvalue weighted by Gasteiger charge is 2.19. The van der Waals surface area contributed by atoms with Gasteiger partial charge in [-0.15, -0.1) is 0 Å². The predicted octanol–water partition coefficient (Wildman–Crippen LogP) is 17.2. The number of para-hydroxylation sites is 2. The third-order valence-electron chi connectivity index (χ3n) is 12.5. The van der Waals surface area contributed by atoms with Crippen LogP contribution in [0.4, 0.5) is 17.1 Å². The van der Waals surface area contributed by atoms with Gasteiger partial charge in [-0.25, -0.2) is 0 Å². The Morgan fingerprint density at radius 2 is 0.790 bits per heavy atom. The van der Waals surface area contributed by atoms with Gasteiger partial charge in [-0.1, -0.05) is 188 Å². The molecule has 0 saturated heterocycles. The maximum absolute atomic E-state index is 6.28. The summed E-state index contributed by atoms with van der Waals surface area (Å²) >= 11 is 0. The van der Waals surface area contributed by atoms with Crippen LogP contribution in [0.3, 0.4) is 0 Å². The molecule has 2 nitrogen and oxygen atoms in total. The number of anilines is 3. The molecular formula is C60H39NO. The third-order valence-corrected chi connectivity index (χ3v) is 12.5. The Labute approximate surface area is 360 Å². The van der Waals surface area contributed by atoms with E-state index in [0.717, 1.165) is 66.8 Å². The average Bonchev–Trinajstić information content (AvgIpc) is 3.73. The molecule has 0 fully saturated rings. The minimum absolute atomic E-state index is 0.897. The summed E-state index contributed by atoms with van der Waals surface area (Å²) in [6.07, 6.45) is 0. The lowest BCUT2D eigenvalue weighted by molar-refractivity contribution is 0.669. The Kier molecular flexibility index (Phi) is 8.53. The van der Waals surface area contributed by atoms with Crippen LogP contribution in [-0.4, -0.2) is 0 Å². The minimum Gasteiger partial charge on any atom is -0.456 e. The monoisotopic (exact) mass is 789 g/mol. The van der Waals surface area contributed by atoms with E-state index in [2.05, 4.69) is 229 Å². The Morgan fingerprint density at radius 3 is 1.63 bits per heavy atom. The molecule has 1 heterocycles. The van der Waals surface area contributed by atoms with Crippen molar-refractivity contribution < 1.29 is 4.42 Å². The first kappa shape index (κ1) is 35.7. The molecule has 1 aromatic heterocycles. The van der Waals surface area contributed by atoms with Gasteiger partial charge in [0.2, 0.25) is 0 Å². The van der Waals surface area contributed by atoms with Gasteiger partial charge in [-0.3, -0.25) is 0 Å². The molecule has 290 valence electrons. The standard InChI is InChI=1S/C60H39NO/c1-3-17-50-40(12-1)14-10-21-51(50)42-27-29-43(30-28-42)53-19-5-7-23-57(53)61(48-36-34-44(35-37-48)54-22-11-25-59-60(54)55-20-6-8-24-58(55)62-59)49-16-9-15-46(38-49)47-33-32-45-31-26-41-13-2-4-18-52(41)56(45)39-47/h1-39H. The van der Waals surface area contributed by atoms with E-state index in [1.54, 1.807) is 0 Å². The maximum atomic E-state index is 6.28. The lowest BCUT2D eigenvalue weighted by Crippen LogP contribution is -2.11. The van der Waals surface area contributed by atoms with Crippen LogP contribution >= 0.6 is 0 Å². The highest BCUT2D eigenvalue weighted by molar-refractivity contribution is 6.12. The van der Waals surface area contributed by atoms with E-state index >= 15 is 0 Å². The lowest BCUT2D eigenvalue weighted by atomic mass is 9.95. The Balaban J connectivity index is 0.996. The second kappa shape index (κ2) is 14.8. The topological polar surface area (TPSA) is 16.4 Å².